The summed E-state index contributed by atoms with van der Waals surface area (Å²) in [6, 6.07) is 9.74. The summed E-state index contributed by atoms with van der Waals surface area (Å²) in [5.41, 5.74) is 0. The number of hydrogen-bond acceptors (Lipinski definition) is 5. The number of ether oxygens (including phenoxy) is 1. The molecule has 0 saturated heterocycles. The minimum absolute atomic E-state index is 0.0694. The summed E-state index contributed by atoms with van der Waals surface area (Å²) >= 11 is 1.38. The average Bonchev–Trinajstić information content (AvgIpc) is 2.99. The summed E-state index contributed by atoms with van der Waals surface area (Å²) in [4.78, 5) is 0.827. The third kappa shape index (κ3) is 3.57. The zero-order valence-corrected chi connectivity index (χ0v) is 12.4. The number of nitrogens with one attached hydrogen (secondary N) is 1. The van der Waals surface area contributed by atoms with Crippen LogP contribution in [-0.4, -0.2) is 27.2 Å². The molecule has 1 aromatic heterocycles. The lowest BCUT2D eigenvalue weighted by molar-refractivity contribution is 0.186. The molecule has 0 saturated carbocycles. The Morgan fingerprint density at radius 1 is 1.35 bits per heavy atom. The first kappa shape index (κ1) is 15.0. The molecule has 0 fully saturated rings. The van der Waals surface area contributed by atoms with Crippen LogP contribution in [-0.2, 0) is 10.0 Å². The van der Waals surface area contributed by atoms with Crippen molar-refractivity contribution in [1.82, 2.24) is 4.72 Å². The molecule has 0 aliphatic rings. The molecule has 1 heterocycles. The largest absolute Gasteiger partial charge is 0.497 e. The summed E-state index contributed by atoms with van der Waals surface area (Å²) in [5.74, 6) is 0.465. The van der Waals surface area contributed by atoms with Crippen LogP contribution in [0, 0.1) is 0 Å². The van der Waals surface area contributed by atoms with Crippen LogP contribution in [0.5, 0.6) is 5.75 Å². The lowest BCUT2D eigenvalue weighted by Gasteiger charge is -2.11. The first-order valence-electron chi connectivity index (χ1n) is 5.88. The number of hydrogen-bond donors (Lipinski definition) is 2. The maximum atomic E-state index is 12.1. The Kier molecular flexibility index (Phi) is 4.77. The van der Waals surface area contributed by atoms with E-state index in [4.69, 9.17) is 4.74 Å². The number of rotatable bonds is 6. The Morgan fingerprint density at radius 3 is 2.80 bits per heavy atom. The van der Waals surface area contributed by atoms with E-state index in [1.807, 2.05) is 5.38 Å². The summed E-state index contributed by atoms with van der Waals surface area (Å²) in [7, 11) is -2.19. The number of aliphatic hydroxyl groups excluding tert-OH is 1. The summed E-state index contributed by atoms with van der Waals surface area (Å²) in [6.45, 7) is -0.0694. The van der Waals surface area contributed by atoms with Gasteiger partial charge in [0.25, 0.3) is 0 Å². The number of aliphatic hydroxyl groups is 1. The predicted octanol–water partition coefficient (Wildman–Crippen LogP) is 1.77. The molecule has 5 nitrogen and oxygen atoms in total. The summed E-state index contributed by atoms with van der Waals surface area (Å²) < 4.78 is 31.6. The predicted molar refractivity (Wildman–Crippen MR) is 77.5 cm³/mol. The normalized spacial score (nSPS) is 13.1. The van der Waals surface area contributed by atoms with Crippen molar-refractivity contribution in [3.05, 3.63) is 46.7 Å². The fourth-order valence-electron chi connectivity index (χ4n) is 1.62. The average molecular weight is 313 g/mol. The van der Waals surface area contributed by atoms with Crippen LogP contribution in [0.25, 0.3) is 0 Å². The van der Waals surface area contributed by atoms with Gasteiger partial charge in [-0.3, -0.25) is 0 Å². The molecule has 0 spiro atoms. The third-order valence-corrected chi connectivity index (χ3v) is 5.08. The maximum Gasteiger partial charge on any atom is 0.240 e. The molecule has 108 valence electrons. The molecule has 0 amide bonds. The summed E-state index contributed by atoms with van der Waals surface area (Å²) in [6.07, 6.45) is -0.851. The van der Waals surface area contributed by atoms with Gasteiger partial charge in [-0.25, -0.2) is 13.1 Å². The Hall–Kier alpha value is -1.41. The number of thiophene rings is 1. The molecule has 2 N–H and O–H groups in total. The fraction of sp³-hybridized carbons (Fsp3) is 0.231. The van der Waals surface area contributed by atoms with Crippen LogP contribution < -0.4 is 9.46 Å². The van der Waals surface area contributed by atoms with Crippen molar-refractivity contribution in [2.45, 2.75) is 11.0 Å². The van der Waals surface area contributed by atoms with E-state index < -0.39 is 16.1 Å². The number of benzene rings is 1. The van der Waals surface area contributed by atoms with Crippen molar-refractivity contribution in [3.63, 3.8) is 0 Å². The molecule has 0 radical (unpaired) electrons. The lowest BCUT2D eigenvalue weighted by Crippen LogP contribution is -2.28. The van der Waals surface area contributed by atoms with E-state index in [9.17, 15) is 13.5 Å². The maximum absolute atomic E-state index is 12.1. The molecule has 0 aliphatic carbocycles. The second-order valence-electron chi connectivity index (χ2n) is 4.06. The van der Waals surface area contributed by atoms with Crippen molar-refractivity contribution >= 4 is 21.4 Å². The van der Waals surface area contributed by atoms with E-state index >= 15 is 0 Å². The van der Waals surface area contributed by atoms with E-state index in [0.29, 0.717) is 5.75 Å². The van der Waals surface area contributed by atoms with Gasteiger partial charge in [0.1, 0.15) is 11.9 Å². The minimum Gasteiger partial charge on any atom is -0.497 e. The highest BCUT2D eigenvalue weighted by molar-refractivity contribution is 7.89. The number of sulfonamides is 1. The highest BCUT2D eigenvalue weighted by Gasteiger charge is 2.17. The Morgan fingerprint density at radius 2 is 2.15 bits per heavy atom. The van der Waals surface area contributed by atoms with E-state index in [-0.39, 0.29) is 11.4 Å². The van der Waals surface area contributed by atoms with Crippen molar-refractivity contribution in [2.75, 3.05) is 13.7 Å². The van der Waals surface area contributed by atoms with E-state index in [2.05, 4.69) is 4.72 Å². The lowest BCUT2D eigenvalue weighted by atomic mass is 10.3. The van der Waals surface area contributed by atoms with E-state index in [1.54, 1.807) is 24.3 Å². The molecule has 0 aliphatic heterocycles. The van der Waals surface area contributed by atoms with Crippen molar-refractivity contribution in [2.24, 2.45) is 0 Å². The Bertz CT molecular complexity index is 653. The van der Waals surface area contributed by atoms with Gasteiger partial charge in [-0.15, -0.1) is 11.3 Å². The van der Waals surface area contributed by atoms with Crippen molar-refractivity contribution in [1.29, 1.82) is 0 Å². The van der Waals surface area contributed by atoms with Gasteiger partial charge in [0.15, 0.2) is 0 Å². The van der Waals surface area contributed by atoms with Crippen LogP contribution in [0.1, 0.15) is 11.0 Å². The minimum atomic E-state index is -3.66. The molecule has 2 rings (SSSR count). The summed E-state index contributed by atoms with van der Waals surface area (Å²) in [5, 5.41) is 11.7. The molecular weight excluding hydrogens is 298 g/mol. The van der Waals surface area contributed by atoms with Crippen LogP contribution >= 0.6 is 11.3 Å². The fourth-order valence-corrected chi connectivity index (χ4v) is 3.41. The Labute approximate surface area is 121 Å². The van der Waals surface area contributed by atoms with E-state index in [1.165, 1.54) is 30.6 Å². The molecule has 1 unspecified atom stereocenters. The molecular formula is C13H15NO4S2. The van der Waals surface area contributed by atoms with Crippen LogP contribution in [0.4, 0.5) is 0 Å². The molecule has 1 atom stereocenters. The van der Waals surface area contributed by atoms with E-state index in [0.717, 1.165) is 4.88 Å². The van der Waals surface area contributed by atoms with Gasteiger partial charge in [0, 0.05) is 17.5 Å². The molecule has 7 heteroatoms. The Balaban J connectivity index is 2.07. The highest BCUT2D eigenvalue weighted by atomic mass is 32.2. The first-order valence-corrected chi connectivity index (χ1v) is 8.24. The van der Waals surface area contributed by atoms with Crippen LogP contribution in [0.15, 0.2) is 46.7 Å². The quantitative estimate of drug-likeness (QED) is 0.852. The third-order valence-electron chi connectivity index (χ3n) is 2.69. The van der Waals surface area contributed by atoms with Gasteiger partial charge in [-0.05, 0) is 23.6 Å². The molecule has 2 aromatic rings. The monoisotopic (exact) mass is 313 g/mol. The van der Waals surface area contributed by atoms with Crippen LogP contribution in [0.3, 0.4) is 0 Å². The van der Waals surface area contributed by atoms with Gasteiger partial charge >= 0.3 is 0 Å². The standard InChI is InChI=1S/C13H15NO4S2/c1-18-10-4-2-5-11(8-10)20(16,17)14-9-12(15)13-6-3-7-19-13/h2-8,12,14-15H,9H2,1H3. The second kappa shape index (κ2) is 6.36. The topological polar surface area (TPSA) is 75.6 Å². The van der Waals surface area contributed by atoms with Crippen molar-refractivity contribution in [3.8, 4) is 5.75 Å². The SMILES string of the molecule is COc1cccc(S(=O)(=O)NCC(O)c2cccs2)c1. The second-order valence-corrected chi connectivity index (χ2v) is 6.81. The van der Waals surface area contributed by atoms with Gasteiger partial charge in [-0.2, -0.15) is 0 Å². The zero-order chi connectivity index (χ0) is 14.6. The molecule has 1 aromatic carbocycles. The highest BCUT2D eigenvalue weighted by Crippen LogP contribution is 2.20. The first-order chi connectivity index (χ1) is 9.53. The van der Waals surface area contributed by atoms with Crippen molar-refractivity contribution < 1.29 is 18.3 Å². The van der Waals surface area contributed by atoms with Gasteiger partial charge in [0.2, 0.25) is 10.0 Å². The zero-order valence-electron chi connectivity index (χ0n) is 10.8. The molecule has 20 heavy (non-hydrogen) atoms. The van der Waals surface area contributed by atoms with Gasteiger partial charge in [0.05, 0.1) is 12.0 Å². The number of methoxy groups -OCH3 is 1. The smallest absolute Gasteiger partial charge is 0.240 e. The molecule has 0 bridgehead atoms. The van der Waals surface area contributed by atoms with Gasteiger partial charge < -0.3 is 9.84 Å². The van der Waals surface area contributed by atoms with Crippen LogP contribution in [0.2, 0.25) is 0 Å². The van der Waals surface area contributed by atoms with Gasteiger partial charge in [-0.1, -0.05) is 12.1 Å².